The van der Waals surface area contributed by atoms with Crippen LogP contribution in [0.2, 0.25) is 0 Å². The molecule has 0 aliphatic carbocycles. The minimum Gasteiger partial charge on any atom is -0.481 e. The highest BCUT2D eigenvalue weighted by molar-refractivity contribution is 6.15. The fourth-order valence-corrected chi connectivity index (χ4v) is 3.45. The number of ketones is 1. The first-order valence-corrected chi connectivity index (χ1v) is 7.61. The molecule has 2 heterocycles. The lowest BCUT2D eigenvalue weighted by atomic mass is 10.00. The van der Waals surface area contributed by atoms with Crippen molar-refractivity contribution < 1.29 is 14.7 Å². The molecule has 0 fully saturated rings. The van der Waals surface area contributed by atoms with E-state index in [-0.39, 0.29) is 5.78 Å². The third-order valence-corrected chi connectivity index (χ3v) is 4.58. The molecule has 1 aliphatic heterocycles. The number of aliphatic carboxylic acids is 1. The van der Waals surface area contributed by atoms with Crippen LogP contribution in [0.15, 0.2) is 54.6 Å². The topological polar surface area (TPSA) is 59.3 Å². The van der Waals surface area contributed by atoms with Crippen molar-refractivity contribution in [1.82, 2.24) is 4.57 Å². The van der Waals surface area contributed by atoms with Gasteiger partial charge in [-0.05, 0) is 29.3 Å². The smallest absolute Gasteiger partial charge is 0.312 e. The van der Waals surface area contributed by atoms with E-state index in [4.69, 9.17) is 0 Å². The molecule has 0 bridgehead atoms. The van der Waals surface area contributed by atoms with Crippen LogP contribution in [-0.2, 0) is 11.3 Å². The lowest BCUT2D eigenvalue weighted by Crippen LogP contribution is -2.10. The number of benzene rings is 2. The van der Waals surface area contributed by atoms with Gasteiger partial charge in [-0.1, -0.05) is 42.5 Å². The number of carboxylic acids is 1. The van der Waals surface area contributed by atoms with Gasteiger partial charge in [0.15, 0.2) is 0 Å². The van der Waals surface area contributed by atoms with Crippen LogP contribution in [0, 0.1) is 0 Å². The predicted molar refractivity (Wildman–Crippen MR) is 86.8 cm³/mol. The number of fused-ring (bicyclic) bond motifs is 2. The Balaban J connectivity index is 1.82. The molecule has 23 heavy (non-hydrogen) atoms. The Morgan fingerprint density at radius 1 is 1.00 bits per heavy atom. The van der Waals surface area contributed by atoms with Crippen molar-refractivity contribution in [1.29, 1.82) is 0 Å². The molecule has 4 heteroatoms. The van der Waals surface area contributed by atoms with E-state index in [1.54, 1.807) is 12.1 Å². The fourth-order valence-electron chi connectivity index (χ4n) is 3.45. The summed E-state index contributed by atoms with van der Waals surface area (Å²) in [7, 11) is 0. The first kappa shape index (κ1) is 13.8. The zero-order valence-corrected chi connectivity index (χ0v) is 12.4. The number of hydrogen-bond donors (Lipinski definition) is 1. The number of carboxylic acid groups (broad SMARTS) is 1. The molecule has 114 valence electrons. The Morgan fingerprint density at radius 2 is 1.78 bits per heavy atom. The van der Waals surface area contributed by atoms with E-state index in [0.717, 1.165) is 16.5 Å². The van der Waals surface area contributed by atoms with Gasteiger partial charge in [0.25, 0.3) is 0 Å². The molecule has 1 unspecified atom stereocenters. The molecule has 0 saturated heterocycles. The first-order chi connectivity index (χ1) is 11.2. The van der Waals surface area contributed by atoms with Crippen molar-refractivity contribution in [3.8, 4) is 0 Å². The second kappa shape index (κ2) is 5.09. The van der Waals surface area contributed by atoms with Crippen molar-refractivity contribution in [3.05, 3.63) is 71.5 Å². The Bertz CT molecular complexity index is 933. The zero-order valence-electron chi connectivity index (χ0n) is 12.4. The largest absolute Gasteiger partial charge is 0.481 e. The maximum absolute atomic E-state index is 13.0. The van der Waals surface area contributed by atoms with Gasteiger partial charge in [-0.2, -0.15) is 0 Å². The Morgan fingerprint density at radius 3 is 2.61 bits per heavy atom. The van der Waals surface area contributed by atoms with E-state index >= 15 is 0 Å². The van der Waals surface area contributed by atoms with Crippen LogP contribution in [0.5, 0.6) is 0 Å². The van der Waals surface area contributed by atoms with E-state index in [2.05, 4.69) is 0 Å². The number of hydrogen-bond acceptors (Lipinski definition) is 2. The maximum Gasteiger partial charge on any atom is 0.312 e. The van der Waals surface area contributed by atoms with Crippen LogP contribution in [-0.4, -0.2) is 21.4 Å². The van der Waals surface area contributed by atoms with Crippen LogP contribution in [0.3, 0.4) is 0 Å². The highest BCUT2D eigenvalue weighted by atomic mass is 16.4. The van der Waals surface area contributed by atoms with E-state index in [9.17, 15) is 14.7 Å². The molecule has 1 aliphatic rings. The van der Waals surface area contributed by atoms with Gasteiger partial charge < -0.3 is 9.67 Å². The lowest BCUT2D eigenvalue weighted by Gasteiger charge is -2.08. The maximum atomic E-state index is 13.0. The molecule has 0 saturated carbocycles. The van der Waals surface area contributed by atoms with Gasteiger partial charge in [0.05, 0.1) is 11.6 Å². The standard InChI is InChI=1S/C19H15NO3/c21-18(14-7-3-5-12-4-1-2-6-13(12)14)17-9-8-16-15(19(22)23)10-11-20(16)17/h1-9,15H,10-11H2,(H,22,23). The van der Waals surface area contributed by atoms with Crippen LogP contribution in [0.4, 0.5) is 0 Å². The molecule has 4 rings (SSSR count). The van der Waals surface area contributed by atoms with Gasteiger partial charge in [0.1, 0.15) is 0 Å². The average molecular weight is 305 g/mol. The number of carbonyl (C=O) groups excluding carboxylic acids is 1. The van der Waals surface area contributed by atoms with Gasteiger partial charge in [-0.3, -0.25) is 9.59 Å². The zero-order chi connectivity index (χ0) is 16.0. The van der Waals surface area contributed by atoms with Crippen LogP contribution >= 0.6 is 0 Å². The van der Waals surface area contributed by atoms with Gasteiger partial charge >= 0.3 is 5.97 Å². The van der Waals surface area contributed by atoms with Crippen molar-refractivity contribution in [3.63, 3.8) is 0 Å². The van der Waals surface area contributed by atoms with Crippen molar-refractivity contribution >= 4 is 22.5 Å². The highest BCUT2D eigenvalue weighted by Crippen LogP contribution is 2.32. The van der Waals surface area contributed by atoms with Crippen LogP contribution in [0.1, 0.15) is 34.1 Å². The molecule has 4 nitrogen and oxygen atoms in total. The van der Waals surface area contributed by atoms with Gasteiger partial charge in [-0.15, -0.1) is 0 Å². The minimum absolute atomic E-state index is 0.0564. The van der Waals surface area contributed by atoms with Gasteiger partial charge in [-0.25, -0.2) is 0 Å². The fraction of sp³-hybridized carbons (Fsp3) is 0.158. The quantitative estimate of drug-likeness (QED) is 0.754. The molecule has 1 N–H and O–H groups in total. The summed E-state index contributed by atoms with van der Waals surface area (Å²) in [6.45, 7) is 0.575. The summed E-state index contributed by atoms with van der Waals surface area (Å²) in [6, 6.07) is 17.0. The monoisotopic (exact) mass is 305 g/mol. The molecule has 3 aromatic rings. The second-order valence-corrected chi connectivity index (χ2v) is 5.83. The molecule has 2 aromatic carbocycles. The van der Waals surface area contributed by atoms with Gasteiger partial charge in [0, 0.05) is 17.8 Å². The molecule has 0 amide bonds. The first-order valence-electron chi connectivity index (χ1n) is 7.61. The summed E-state index contributed by atoms with van der Waals surface area (Å²) in [4.78, 5) is 24.3. The summed E-state index contributed by atoms with van der Waals surface area (Å²) in [5, 5.41) is 11.2. The lowest BCUT2D eigenvalue weighted by molar-refractivity contribution is -0.138. The number of carbonyl (C=O) groups is 2. The molecule has 0 spiro atoms. The summed E-state index contributed by atoms with van der Waals surface area (Å²) in [6.07, 6.45) is 0.543. The van der Waals surface area contributed by atoms with E-state index in [1.165, 1.54) is 0 Å². The summed E-state index contributed by atoms with van der Waals surface area (Å²) in [5.74, 6) is -1.39. The molecular formula is C19H15NO3. The van der Waals surface area contributed by atoms with Crippen molar-refractivity contribution in [2.24, 2.45) is 0 Å². The third kappa shape index (κ3) is 2.06. The number of nitrogens with zero attached hydrogens (tertiary/aromatic N) is 1. The summed E-state index contributed by atoms with van der Waals surface area (Å²) >= 11 is 0. The molecule has 0 radical (unpaired) electrons. The minimum atomic E-state index is -0.828. The molecule has 1 aromatic heterocycles. The second-order valence-electron chi connectivity index (χ2n) is 5.83. The number of rotatable bonds is 3. The predicted octanol–water partition coefficient (Wildman–Crippen LogP) is 3.44. The van der Waals surface area contributed by atoms with E-state index in [1.807, 2.05) is 47.0 Å². The Hall–Kier alpha value is -2.88. The normalized spacial score (nSPS) is 16.4. The van der Waals surface area contributed by atoms with E-state index in [0.29, 0.717) is 24.2 Å². The van der Waals surface area contributed by atoms with Gasteiger partial charge in [0.2, 0.25) is 5.78 Å². The Labute approximate surface area is 133 Å². The van der Waals surface area contributed by atoms with Crippen molar-refractivity contribution in [2.75, 3.05) is 0 Å². The van der Waals surface area contributed by atoms with Crippen molar-refractivity contribution in [2.45, 2.75) is 18.9 Å². The van der Waals surface area contributed by atoms with E-state index < -0.39 is 11.9 Å². The summed E-state index contributed by atoms with van der Waals surface area (Å²) < 4.78 is 1.85. The SMILES string of the molecule is O=C(c1cccc2ccccc12)c1ccc2n1CCC2C(=O)O. The Kier molecular flexibility index (Phi) is 3.05. The summed E-state index contributed by atoms with van der Waals surface area (Å²) in [5.41, 5.74) is 1.95. The average Bonchev–Trinajstić information content (AvgIpc) is 3.15. The molecular weight excluding hydrogens is 290 g/mol. The highest BCUT2D eigenvalue weighted by Gasteiger charge is 2.31. The van der Waals surface area contributed by atoms with Crippen LogP contribution < -0.4 is 0 Å². The van der Waals surface area contributed by atoms with Crippen LogP contribution in [0.25, 0.3) is 10.8 Å². The molecule has 1 atom stereocenters. The number of aromatic nitrogens is 1. The third-order valence-electron chi connectivity index (χ3n) is 4.58.